The van der Waals surface area contributed by atoms with Crippen LogP contribution in [0.25, 0.3) is 0 Å². The second kappa shape index (κ2) is 30.1. The normalized spacial score (nSPS) is 15.0. The second-order valence-electron chi connectivity index (χ2n) is 13.9. The van der Waals surface area contributed by atoms with Gasteiger partial charge in [-0.25, -0.2) is 4.57 Å². The summed E-state index contributed by atoms with van der Waals surface area (Å²) in [5.74, 6) is -0.192. The summed E-state index contributed by atoms with van der Waals surface area (Å²) in [5, 5.41) is 13.7. The number of carbonyl (C=O) groups is 1. The molecule has 0 aromatic carbocycles. The number of hydrogen-bond donors (Lipinski definition) is 3. The molecule has 0 aliphatic carbocycles. The third-order valence-corrected chi connectivity index (χ3v) is 9.16. The molecule has 0 saturated carbocycles. The summed E-state index contributed by atoms with van der Waals surface area (Å²) < 4.78 is 23.4. The minimum atomic E-state index is -4.33. The number of likely N-dealkylation sites (N-methyl/N-ethyl adjacent to an activating group) is 1. The van der Waals surface area contributed by atoms with Crippen molar-refractivity contribution in [1.29, 1.82) is 0 Å². The van der Waals surface area contributed by atoms with Crippen LogP contribution in [0.1, 0.15) is 155 Å². The zero-order valence-corrected chi connectivity index (χ0v) is 31.5. The van der Waals surface area contributed by atoms with Crippen molar-refractivity contribution in [3.63, 3.8) is 0 Å². The summed E-state index contributed by atoms with van der Waals surface area (Å²) >= 11 is 0. The van der Waals surface area contributed by atoms with Gasteiger partial charge in [-0.3, -0.25) is 13.8 Å². The lowest BCUT2D eigenvalue weighted by Gasteiger charge is -2.25. The fourth-order valence-electron chi connectivity index (χ4n) is 5.11. The molecule has 0 radical (unpaired) electrons. The van der Waals surface area contributed by atoms with E-state index in [0.717, 1.165) is 38.5 Å². The number of aliphatic hydroxyl groups is 1. The Hall–Kier alpha value is -1.02. The lowest BCUT2D eigenvalue weighted by atomic mass is 10.1. The van der Waals surface area contributed by atoms with Crippen LogP contribution in [0.2, 0.25) is 0 Å². The summed E-state index contributed by atoms with van der Waals surface area (Å²) in [7, 11) is 1.55. The lowest BCUT2D eigenvalue weighted by molar-refractivity contribution is -0.870. The Bertz CT molecular complexity index is 814. The lowest BCUT2D eigenvalue weighted by Crippen LogP contribution is -2.45. The molecule has 0 aromatic heterocycles. The highest BCUT2D eigenvalue weighted by Gasteiger charge is 2.27. The topological polar surface area (TPSA) is 105 Å². The number of allylic oxidation sites excluding steroid dienone is 3. The van der Waals surface area contributed by atoms with Crippen LogP contribution in [0.4, 0.5) is 0 Å². The first-order valence-electron chi connectivity index (χ1n) is 18.7. The number of hydrogen-bond acceptors (Lipinski definition) is 5. The van der Waals surface area contributed by atoms with Crippen molar-refractivity contribution in [2.45, 2.75) is 167 Å². The molecule has 1 unspecified atom stereocenters. The van der Waals surface area contributed by atoms with E-state index in [1.165, 1.54) is 96.3 Å². The van der Waals surface area contributed by atoms with Crippen molar-refractivity contribution in [3.8, 4) is 0 Å². The fourth-order valence-corrected chi connectivity index (χ4v) is 5.85. The van der Waals surface area contributed by atoms with Gasteiger partial charge in [-0.05, 0) is 32.1 Å². The summed E-state index contributed by atoms with van der Waals surface area (Å²) in [5.41, 5.74) is 0. The molecule has 0 saturated heterocycles. The van der Waals surface area contributed by atoms with E-state index in [1.54, 1.807) is 6.08 Å². The largest absolute Gasteiger partial charge is 0.472 e. The van der Waals surface area contributed by atoms with Crippen molar-refractivity contribution >= 4 is 13.7 Å². The van der Waals surface area contributed by atoms with Crippen molar-refractivity contribution in [2.24, 2.45) is 0 Å². The molecule has 0 aliphatic heterocycles. The smallest absolute Gasteiger partial charge is 0.387 e. The van der Waals surface area contributed by atoms with E-state index in [-0.39, 0.29) is 19.1 Å². The molecule has 46 heavy (non-hydrogen) atoms. The second-order valence-corrected chi connectivity index (χ2v) is 15.4. The minimum absolute atomic E-state index is 0.0575. The fraction of sp³-hybridized carbons (Fsp3) is 0.865. The molecule has 0 aromatic rings. The molecule has 0 heterocycles. The Labute approximate surface area is 284 Å². The van der Waals surface area contributed by atoms with Gasteiger partial charge in [0.25, 0.3) is 0 Å². The molecule has 0 spiro atoms. The van der Waals surface area contributed by atoms with E-state index in [0.29, 0.717) is 17.4 Å². The monoisotopic (exact) mass is 674 g/mol. The number of amides is 1. The van der Waals surface area contributed by atoms with Gasteiger partial charge in [-0.1, -0.05) is 141 Å². The first-order valence-corrected chi connectivity index (χ1v) is 20.2. The molecule has 3 atom stereocenters. The van der Waals surface area contributed by atoms with Gasteiger partial charge in [0.15, 0.2) is 0 Å². The highest BCUT2D eigenvalue weighted by atomic mass is 31.2. The summed E-state index contributed by atoms with van der Waals surface area (Å²) in [6, 6.07) is -0.855. The van der Waals surface area contributed by atoms with Gasteiger partial charge in [0.1, 0.15) is 13.2 Å². The number of nitrogens with one attached hydrogen (secondary N) is 1. The van der Waals surface area contributed by atoms with Crippen molar-refractivity contribution in [2.75, 3.05) is 40.9 Å². The molecule has 0 aliphatic rings. The van der Waals surface area contributed by atoms with E-state index >= 15 is 0 Å². The van der Waals surface area contributed by atoms with Gasteiger partial charge in [0, 0.05) is 6.42 Å². The van der Waals surface area contributed by atoms with E-state index < -0.39 is 20.0 Å². The molecule has 3 N–H and O–H groups in total. The Morgan fingerprint density at radius 3 is 1.74 bits per heavy atom. The summed E-state index contributed by atoms with van der Waals surface area (Å²) in [6.45, 7) is 4.74. The Morgan fingerprint density at radius 2 is 1.20 bits per heavy atom. The van der Waals surface area contributed by atoms with Gasteiger partial charge in [0.05, 0.1) is 39.9 Å². The maximum atomic E-state index is 12.7. The zero-order chi connectivity index (χ0) is 34.4. The predicted molar refractivity (Wildman–Crippen MR) is 194 cm³/mol. The number of phosphoric acid groups is 1. The molecule has 1 amide bonds. The number of aliphatic hydroxyl groups excluding tert-OH is 1. The van der Waals surface area contributed by atoms with Gasteiger partial charge in [0.2, 0.25) is 5.91 Å². The third-order valence-electron chi connectivity index (χ3n) is 8.17. The summed E-state index contributed by atoms with van der Waals surface area (Å²) in [4.78, 5) is 22.9. The van der Waals surface area contributed by atoms with Crippen LogP contribution in [0.5, 0.6) is 0 Å². The van der Waals surface area contributed by atoms with Crippen LogP contribution < -0.4 is 5.32 Å². The standard InChI is InChI=1S/C37H73N2O6P/c1-6-8-10-12-14-16-17-18-19-20-21-23-24-26-28-30-36(40)35(34-45-46(42,43)44-33-32-39(3,4)5)38-37(41)31-29-27-25-22-15-13-11-9-7-2/h21,23,28,30,35-36,40H,6-20,22,24-27,29,31-34H2,1-5H3,(H-,38,41,42,43)/p+1/b23-21+,30-28+/t35-,36+/m0/s1. The SMILES string of the molecule is CCCCCCCCCCC/C=C/CC/C=C/[C@@H](O)[C@H](COP(=O)(O)OCC[N+](C)(C)C)NC(=O)CCCCCCCCCCC. The molecule has 0 rings (SSSR count). The number of quaternary nitrogens is 1. The van der Waals surface area contributed by atoms with Crippen LogP contribution in [0.3, 0.4) is 0 Å². The average Bonchev–Trinajstić information content (AvgIpc) is 2.99. The molecule has 0 bridgehead atoms. The predicted octanol–water partition coefficient (Wildman–Crippen LogP) is 9.41. The Morgan fingerprint density at radius 1 is 0.717 bits per heavy atom. The van der Waals surface area contributed by atoms with E-state index in [9.17, 15) is 19.4 Å². The minimum Gasteiger partial charge on any atom is -0.387 e. The molecule has 8 nitrogen and oxygen atoms in total. The molecular formula is C37H74N2O6P+. The molecule has 9 heteroatoms. The number of carbonyl (C=O) groups excluding carboxylic acids is 1. The van der Waals surface area contributed by atoms with Crippen LogP contribution in [-0.4, -0.2) is 73.4 Å². The number of unbranched alkanes of at least 4 members (excludes halogenated alkanes) is 18. The van der Waals surface area contributed by atoms with Crippen LogP contribution in [-0.2, 0) is 18.4 Å². The van der Waals surface area contributed by atoms with Gasteiger partial charge >= 0.3 is 7.82 Å². The quantitative estimate of drug-likeness (QED) is 0.0278. The van der Waals surface area contributed by atoms with E-state index in [2.05, 4.69) is 31.3 Å². The number of rotatable bonds is 33. The average molecular weight is 674 g/mol. The molecule has 0 fully saturated rings. The summed E-state index contributed by atoms with van der Waals surface area (Å²) in [6.07, 6.45) is 32.5. The Balaban J connectivity index is 4.59. The number of phosphoric ester groups is 1. The van der Waals surface area contributed by atoms with Crippen LogP contribution in [0, 0.1) is 0 Å². The van der Waals surface area contributed by atoms with Crippen LogP contribution in [0.15, 0.2) is 24.3 Å². The highest BCUT2D eigenvalue weighted by Crippen LogP contribution is 2.43. The van der Waals surface area contributed by atoms with Gasteiger partial charge in [-0.2, -0.15) is 0 Å². The van der Waals surface area contributed by atoms with Crippen molar-refractivity contribution in [1.82, 2.24) is 5.32 Å². The molecular weight excluding hydrogens is 599 g/mol. The van der Waals surface area contributed by atoms with Crippen molar-refractivity contribution < 1.29 is 32.9 Å². The highest BCUT2D eigenvalue weighted by molar-refractivity contribution is 7.47. The first kappa shape index (κ1) is 45.0. The van der Waals surface area contributed by atoms with Gasteiger partial charge < -0.3 is 19.8 Å². The Kier molecular flexibility index (Phi) is 29.4. The maximum absolute atomic E-state index is 12.7. The van der Waals surface area contributed by atoms with Crippen LogP contribution >= 0.6 is 7.82 Å². The van der Waals surface area contributed by atoms with Crippen molar-refractivity contribution in [3.05, 3.63) is 24.3 Å². The first-order chi connectivity index (χ1) is 22.0. The number of nitrogens with zero attached hydrogens (tertiary/aromatic N) is 1. The van der Waals surface area contributed by atoms with E-state index in [1.807, 2.05) is 27.2 Å². The maximum Gasteiger partial charge on any atom is 0.472 e. The van der Waals surface area contributed by atoms with E-state index in [4.69, 9.17) is 9.05 Å². The van der Waals surface area contributed by atoms with Gasteiger partial charge in [-0.15, -0.1) is 0 Å². The zero-order valence-electron chi connectivity index (χ0n) is 30.6. The molecule has 272 valence electrons. The third kappa shape index (κ3) is 31.6.